The Hall–Kier alpha value is -2.87. The van der Waals surface area contributed by atoms with Gasteiger partial charge in [0.2, 0.25) is 17.7 Å². The average Bonchev–Trinajstić information content (AvgIpc) is 2.90. The number of rotatable bonds is 20. The molecule has 0 bridgehead atoms. The van der Waals surface area contributed by atoms with Crippen molar-refractivity contribution in [3.05, 3.63) is 29.8 Å². The van der Waals surface area contributed by atoms with Crippen molar-refractivity contribution in [2.75, 3.05) is 25.1 Å². The fourth-order valence-corrected chi connectivity index (χ4v) is 4.27. The lowest BCUT2D eigenvalue weighted by molar-refractivity contribution is -0.142. The fourth-order valence-electron chi connectivity index (χ4n) is 3.79. The lowest BCUT2D eigenvalue weighted by atomic mass is 10.0. The predicted octanol–water partition coefficient (Wildman–Crippen LogP) is -0.188. The Morgan fingerprint density at radius 2 is 1.33 bits per heavy atom. The summed E-state index contributed by atoms with van der Waals surface area (Å²) < 4.78 is 0. The number of carbonyl (C=O) groups excluding carboxylic acids is 3. The SMILES string of the molecule is CSCCC(NC(=O)C(N)CCCCN)C(=O)NC(Cc1ccc(O)cc1)C(=O)NC(CCCCN)C(=O)O. The predicted molar refractivity (Wildman–Crippen MR) is 152 cm³/mol. The number of nitrogens with one attached hydrogen (secondary N) is 3. The minimum absolute atomic E-state index is 0.0365. The van der Waals surface area contributed by atoms with Gasteiger partial charge in [-0.15, -0.1) is 0 Å². The van der Waals surface area contributed by atoms with Gasteiger partial charge in [-0.05, 0) is 81.3 Å². The standard InChI is InChI=1S/C26H44N6O6S/c1-39-15-12-20(30-23(34)19(29)6-2-4-13-27)24(35)32-22(16-17-8-10-18(33)11-9-17)25(36)31-21(26(37)38)7-3-5-14-28/h8-11,19-22,33H,2-7,12-16,27-29H2,1H3,(H,30,34)(H,31,36)(H,32,35)(H,37,38). The number of hydrogen-bond donors (Lipinski definition) is 8. The Labute approximate surface area is 234 Å². The summed E-state index contributed by atoms with van der Waals surface area (Å²) in [5.41, 5.74) is 17.6. The van der Waals surface area contributed by atoms with Crippen LogP contribution in [0.5, 0.6) is 5.75 Å². The van der Waals surface area contributed by atoms with Crippen molar-refractivity contribution >= 4 is 35.5 Å². The molecule has 0 radical (unpaired) electrons. The van der Waals surface area contributed by atoms with Crippen molar-refractivity contribution in [2.45, 2.75) is 75.5 Å². The number of amides is 3. The molecule has 4 atom stereocenters. The average molecular weight is 569 g/mol. The van der Waals surface area contributed by atoms with Crippen molar-refractivity contribution < 1.29 is 29.4 Å². The molecule has 0 fully saturated rings. The van der Waals surface area contributed by atoms with Gasteiger partial charge in [-0.2, -0.15) is 11.8 Å². The molecule has 0 aliphatic rings. The van der Waals surface area contributed by atoms with Gasteiger partial charge in [-0.25, -0.2) is 4.79 Å². The first kappa shape index (κ1) is 34.2. The van der Waals surface area contributed by atoms with Crippen molar-refractivity contribution in [1.82, 2.24) is 16.0 Å². The highest BCUT2D eigenvalue weighted by atomic mass is 32.2. The molecule has 1 rings (SSSR count). The van der Waals surface area contributed by atoms with Gasteiger partial charge < -0.3 is 43.4 Å². The summed E-state index contributed by atoms with van der Waals surface area (Å²) >= 11 is 1.50. The van der Waals surface area contributed by atoms with E-state index in [1.807, 2.05) is 6.26 Å². The van der Waals surface area contributed by atoms with Crippen LogP contribution in [0.1, 0.15) is 50.5 Å². The van der Waals surface area contributed by atoms with Gasteiger partial charge in [0.05, 0.1) is 6.04 Å². The lowest BCUT2D eigenvalue weighted by Gasteiger charge is -2.25. The van der Waals surface area contributed by atoms with Crippen molar-refractivity contribution in [2.24, 2.45) is 17.2 Å². The van der Waals surface area contributed by atoms with Crippen LogP contribution in [0.4, 0.5) is 0 Å². The molecular formula is C26H44N6O6S. The zero-order chi connectivity index (χ0) is 29.2. The van der Waals surface area contributed by atoms with E-state index in [0.717, 1.165) is 6.42 Å². The monoisotopic (exact) mass is 568 g/mol. The largest absolute Gasteiger partial charge is 0.508 e. The fraction of sp³-hybridized carbons (Fsp3) is 0.615. The van der Waals surface area contributed by atoms with Crippen LogP contribution < -0.4 is 33.2 Å². The number of phenols is 1. The highest BCUT2D eigenvalue weighted by Gasteiger charge is 2.30. The summed E-state index contributed by atoms with van der Waals surface area (Å²) in [6, 6.07) is 2.07. The molecule has 1 aromatic carbocycles. The number of carboxylic acid groups (broad SMARTS) is 1. The number of unbranched alkanes of at least 4 members (excludes halogenated alkanes) is 2. The summed E-state index contributed by atoms with van der Waals surface area (Å²) in [5, 5.41) is 27.1. The van der Waals surface area contributed by atoms with Crippen LogP contribution in [0.25, 0.3) is 0 Å². The molecule has 0 saturated heterocycles. The molecule has 0 aliphatic carbocycles. The van der Waals surface area contributed by atoms with Gasteiger partial charge >= 0.3 is 5.97 Å². The van der Waals surface area contributed by atoms with E-state index in [4.69, 9.17) is 17.2 Å². The Morgan fingerprint density at radius 1 is 0.795 bits per heavy atom. The molecule has 13 heteroatoms. The number of aromatic hydroxyl groups is 1. The third-order valence-corrected chi connectivity index (χ3v) is 6.76. The van der Waals surface area contributed by atoms with Gasteiger partial charge in [0.15, 0.2) is 0 Å². The second-order valence-electron chi connectivity index (χ2n) is 9.35. The highest BCUT2D eigenvalue weighted by molar-refractivity contribution is 7.98. The molecule has 11 N–H and O–H groups in total. The highest BCUT2D eigenvalue weighted by Crippen LogP contribution is 2.13. The molecule has 3 amide bonds. The maximum absolute atomic E-state index is 13.3. The third-order valence-electron chi connectivity index (χ3n) is 6.12. The van der Waals surface area contributed by atoms with Gasteiger partial charge in [0.25, 0.3) is 0 Å². The van der Waals surface area contributed by atoms with E-state index < -0.39 is 47.9 Å². The summed E-state index contributed by atoms with van der Waals surface area (Å²) in [4.78, 5) is 51.0. The second-order valence-corrected chi connectivity index (χ2v) is 10.3. The van der Waals surface area contributed by atoms with Crippen molar-refractivity contribution in [3.8, 4) is 5.75 Å². The van der Waals surface area contributed by atoms with E-state index in [9.17, 15) is 29.4 Å². The number of phenolic OH excluding ortho intramolecular Hbond substituents is 1. The molecule has 1 aromatic rings. The van der Waals surface area contributed by atoms with Crippen LogP contribution in [-0.2, 0) is 25.6 Å². The molecule has 0 heterocycles. The maximum atomic E-state index is 13.3. The maximum Gasteiger partial charge on any atom is 0.326 e. The minimum atomic E-state index is -1.19. The van der Waals surface area contributed by atoms with Crippen LogP contribution in [0, 0.1) is 0 Å². The minimum Gasteiger partial charge on any atom is -0.508 e. The first-order valence-electron chi connectivity index (χ1n) is 13.2. The topological polar surface area (TPSA) is 223 Å². The summed E-state index contributed by atoms with van der Waals surface area (Å²) in [7, 11) is 0. The molecule has 4 unspecified atom stereocenters. The number of aliphatic carboxylic acids is 1. The molecule has 39 heavy (non-hydrogen) atoms. The molecule has 0 aliphatic heterocycles. The van der Waals surface area contributed by atoms with Crippen LogP contribution in [0.3, 0.4) is 0 Å². The van der Waals surface area contributed by atoms with E-state index in [1.54, 1.807) is 12.1 Å². The molecule has 0 saturated carbocycles. The molecular weight excluding hydrogens is 524 g/mol. The van der Waals surface area contributed by atoms with Crippen LogP contribution in [0.15, 0.2) is 24.3 Å². The number of carboxylic acids is 1. The van der Waals surface area contributed by atoms with Gasteiger partial charge in [-0.1, -0.05) is 18.6 Å². The molecule has 0 aromatic heterocycles. The number of carbonyl (C=O) groups is 4. The second kappa shape index (κ2) is 19.2. The number of thioether (sulfide) groups is 1. The van der Waals surface area contributed by atoms with Crippen molar-refractivity contribution in [1.29, 1.82) is 0 Å². The van der Waals surface area contributed by atoms with Gasteiger partial charge in [0.1, 0.15) is 23.9 Å². The van der Waals surface area contributed by atoms with E-state index >= 15 is 0 Å². The first-order chi connectivity index (χ1) is 18.6. The quantitative estimate of drug-likeness (QED) is 0.0968. The van der Waals surface area contributed by atoms with Gasteiger partial charge in [0, 0.05) is 6.42 Å². The van der Waals surface area contributed by atoms with E-state index in [0.29, 0.717) is 56.5 Å². The number of benzene rings is 1. The van der Waals surface area contributed by atoms with Gasteiger partial charge in [-0.3, -0.25) is 14.4 Å². The molecule has 0 spiro atoms. The Kier molecular flexibility index (Phi) is 16.8. The van der Waals surface area contributed by atoms with E-state index in [1.165, 1.54) is 23.9 Å². The summed E-state index contributed by atoms with van der Waals surface area (Å²) in [5.74, 6) is -2.32. The van der Waals surface area contributed by atoms with Crippen molar-refractivity contribution in [3.63, 3.8) is 0 Å². The van der Waals surface area contributed by atoms with Crippen LogP contribution >= 0.6 is 11.8 Å². The normalized spacial score (nSPS) is 14.1. The number of hydrogen-bond acceptors (Lipinski definition) is 9. The number of nitrogens with two attached hydrogens (primary N) is 3. The Balaban J connectivity index is 3.07. The lowest BCUT2D eigenvalue weighted by Crippen LogP contribution is -2.57. The summed E-state index contributed by atoms with van der Waals surface area (Å²) in [6.45, 7) is 0.896. The van der Waals surface area contributed by atoms with Crippen LogP contribution in [-0.4, -0.2) is 83.2 Å². The smallest absolute Gasteiger partial charge is 0.326 e. The first-order valence-corrected chi connectivity index (χ1v) is 14.6. The summed E-state index contributed by atoms with van der Waals surface area (Å²) in [6.07, 6.45) is 5.35. The zero-order valence-electron chi connectivity index (χ0n) is 22.6. The Bertz CT molecular complexity index is 903. The molecule has 220 valence electrons. The Morgan fingerprint density at radius 3 is 1.90 bits per heavy atom. The third kappa shape index (κ3) is 13.7. The van der Waals surface area contributed by atoms with E-state index in [2.05, 4.69) is 16.0 Å². The van der Waals surface area contributed by atoms with Crippen LogP contribution in [0.2, 0.25) is 0 Å². The molecule has 12 nitrogen and oxygen atoms in total. The van der Waals surface area contributed by atoms with E-state index in [-0.39, 0.29) is 18.6 Å². The zero-order valence-corrected chi connectivity index (χ0v) is 23.4.